The van der Waals surface area contributed by atoms with Gasteiger partial charge in [-0.25, -0.2) is 4.98 Å². The van der Waals surface area contributed by atoms with Crippen LogP contribution in [0.1, 0.15) is 57.6 Å². The number of aromatic nitrogens is 2. The second-order valence-corrected chi connectivity index (χ2v) is 6.77. The summed E-state index contributed by atoms with van der Waals surface area (Å²) in [4.78, 5) is 11.6. The molecule has 1 aromatic heterocycles. The smallest absolute Gasteiger partial charge is 0.224 e. The van der Waals surface area contributed by atoms with Crippen LogP contribution >= 0.6 is 0 Å². The highest BCUT2D eigenvalue weighted by Gasteiger charge is 2.35. The van der Waals surface area contributed by atoms with E-state index in [1.807, 2.05) is 0 Å². The van der Waals surface area contributed by atoms with Crippen molar-refractivity contribution in [1.29, 1.82) is 0 Å². The van der Waals surface area contributed by atoms with E-state index in [0.29, 0.717) is 5.41 Å². The lowest BCUT2D eigenvalue weighted by Crippen LogP contribution is -2.41. The van der Waals surface area contributed by atoms with E-state index in [2.05, 4.69) is 40.1 Å². The Labute approximate surface area is 128 Å². The lowest BCUT2D eigenvalue weighted by Gasteiger charge is -2.44. The van der Waals surface area contributed by atoms with Crippen LogP contribution in [-0.4, -0.2) is 29.6 Å². The fourth-order valence-corrected chi connectivity index (χ4v) is 3.96. The van der Waals surface area contributed by atoms with Crippen molar-refractivity contribution in [3.63, 3.8) is 0 Å². The lowest BCUT2D eigenvalue weighted by atomic mass is 9.68. The van der Waals surface area contributed by atoms with Crippen molar-refractivity contribution in [3.8, 4) is 0 Å². The van der Waals surface area contributed by atoms with E-state index in [4.69, 9.17) is 0 Å². The van der Waals surface area contributed by atoms with E-state index in [0.717, 1.165) is 37.1 Å². The zero-order chi connectivity index (χ0) is 14.7. The number of aryl methyl sites for hydroxylation is 1. The molecular weight excluding hydrogens is 260 g/mol. The van der Waals surface area contributed by atoms with Crippen molar-refractivity contribution in [1.82, 2.24) is 9.97 Å². The molecule has 0 amide bonds. The van der Waals surface area contributed by atoms with Crippen LogP contribution in [0.3, 0.4) is 0 Å². The quantitative estimate of drug-likeness (QED) is 0.919. The Morgan fingerprint density at radius 1 is 1.10 bits per heavy atom. The summed E-state index contributed by atoms with van der Waals surface area (Å²) in [6, 6.07) is 2.12. The first-order valence-corrected chi connectivity index (χ1v) is 8.55. The summed E-state index contributed by atoms with van der Waals surface area (Å²) in [7, 11) is 0. The van der Waals surface area contributed by atoms with Gasteiger partial charge in [-0.2, -0.15) is 4.98 Å². The van der Waals surface area contributed by atoms with Crippen molar-refractivity contribution >= 4 is 11.8 Å². The molecule has 0 atom stereocenters. The Morgan fingerprint density at radius 2 is 1.81 bits per heavy atom. The van der Waals surface area contributed by atoms with Crippen LogP contribution in [0.5, 0.6) is 0 Å². The lowest BCUT2D eigenvalue weighted by molar-refractivity contribution is 0.144. The van der Waals surface area contributed by atoms with Gasteiger partial charge < -0.3 is 10.2 Å². The fraction of sp³-hybridized carbons (Fsp3) is 0.765. The normalized spacial score (nSPS) is 21.5. The minimum Gasteiger partial charge on any atom is -0.356 e. The van der Waals surface area contributed by atoms with Crippen molar-refractivity contribution < 1.29 is 0 Å². The molecule has 1 spiro atoms. The van der Waals surface area contributed by atoms with Gasteiger partial charge in [-0.3, -0.25) is 0 Å². The Kier molecular flexibility index (Phi) is 4.32. The number of piperidine rings is 1. The molecule has 1 aliphatic heterocycles. The van der Waals surface area contributed by atoms with Crippen LogP contribution in [-0.2, 0) is 0 Å². The molecule has 2 heterocycles. The van der Waals surface area contributed by atoms with E-state index in [1.165, 1.54) is 44.9 Å². The van der Waals surface area contributed by atoms with Gasteiger partial charge in [-0.1, -0.05) is 19.3 Å². The molecule has 21 heavy (non-hydrogen) atoms. The van der Waals surface area contributed by atoms with Gasteiger partial charge in [0.15, 0.2) is 0 Å². The molecule has 2 aliphatic rings. The fourth-order valence-electron chi connectivity index (χ4n) is 3.96. The Hall–Kier alpha value is -1.32. The summed E-state index contributed by atoms with van der Waals surface area (Å²) < 4.78 is 0. The second kappa shape index (κ2) is 6.20. The molecule has 1 N–H and O–H groups in total. The second-order valence-electron chi connectivity index (χ2n) is 6.77. The van der Waals surface area contributed by atoms with Crippen LogP contribution in [0.2, 0.25) is 0 Å². The average Bonchev–Trinajstić information content (AvgIpc) is 2.48. The number of nitrogens with zero attached hydrogens (tertiary/aromatic N) is 3. The van der Waals surface area contributed by atoms with Gasteiger partial charge in [-0.05, 0) is 44.9 Å². The minimum atomic E-state index is 0.654. The van der Waals surface area contributed by atoms with Crippen molar-refractivity contribution in [2.45, 2.75) is 58.8 Å². The van der Waals surface area contributed by atoms with Gasteiger partial charge in [0.25, 0.3) is 0 Å². The zero-order valence-corrected chi connectivity index (χ0v) is 13.5. The molecule has 3 rings (SSSR count). The molecule has 1 aromatic rings. The first kappa shape index (κ1) is 14.6. The molecule has 0 unspecified atom stereocenters. The Morgan fingerprint density at radius 3 is 2.48 bits per heavy atom. The van der Waals surface area contributed by atoms with E-state index in [-0.39, 0.29) is 0 Å². The molecule has 4 nitrogen and oxygen atoms in total. The van der Waals surface area contributed by atoms with Gasteiger partial charge in [0.2, 0.25) is 5.95 Å². The Balaban J connectivity index is 1.68. The molecule has 0 bridgehead atoms. The third-order valence-electron chi connectivity index (χ3n) is 5.24. The predicted molar refractivity (Wildman–Crippen MR) is 87.9 cm³/mol. The molecule has 0 radical (unpaired) electrons. The highest BCUT2D eigenvalue weighted by molar-refractivity contribution is 5.45. The van der Waals surface area contributed by atoms with Gasteiger partial charge in [0.1, 0.15) is 5.82 Å². The molecular formula is C17H28N4. The molecule has 1 saturated heterocycles. The van der Waals surface area contributed by atoms with Crippen molar-refractivity contribution in [3.05, 3.63) is 11.8 Å². The van der Waals surface area contributed by atoms with Gasteiger partial charge >= 0.3 is 0 Å². The van der Waals surface area contributed by atoms with E-state index in [9.17, 15) is 0 Å². The van der Waals surface area contributed by atoms with Gasteiger partial charge in [-0.15, -0.1) is 0 Å². The number of hydrogen-bond acceptors (Lipinski definition) is 4. The molecule has 4 heteroatoms. The number of nitrogens with one attached hydrogen (secondary N) is 1. The van der Waals surface area contributed by atoms with E-state index < -0.39 is 0 Å². The summed E-state index contributed by atoms with van der Waals surface area (Å²) in [5.74, 6) is 1.87. The highest BCUT2D eigenvalue weighted by Crippen LogP contribution is 2.44. The van der Waals surface area contributed by atoms with Gasteiger partial charge in [0, 0.05) is 31.4 Å². The van der Waals surface area contributed by atoms with E-state index in [1.54, 1.807) is 0 Å². The largest absolute Gasteiger partial charge is 0.356 e. The Bertz CT molecular complexity index is 470. The average molecular weight is 288 g/mol. The predicted octanol–water partition coefficient (Wildman–Crippen LogP) is 3.77. The summed E-state index contributed by atoms with van der Waals surface area (Å²) >= 11 is 0. The molecule has 1 aliphatic carbocycles. The minimum absolute atomic E-state index is 0.654. The first-order valence-electron chi connectivity index (χ1n) is 8.55. The van der Waals surface area contributed by atoms with Crippen molar-refractivity contribution in [2.24, 2.45) is 5.41 Å². The number of rotatable bonds is 3. The SMILES string of the molecule is CCNc1nc(C)cc(N2CCC3(CCCCC3)CC2)n1. The van der Waals surface area contributed by atoms with Crippen LogP contribution in [0, 0.1) is 12.3 Å². The maximum Gasteiger partial charge on any atom is 0.224 e. The van der Waals surface area contributed by atoms with Gasteiger partial charge in [0.05, 0.1) is 0 Å². The maximum absolute atomic E-state index is 4.68. The third kappa shape index (κ3) is 3.30. The van der Waals surface area contributed by atoms with Crippen LogP contribution in [0.4, 0.5) is 11.8 Å². The summed E-state index contributed by atoms with van der Waals surface area (Å²) in [5.41, 5.74) is 1.70. The molecule has 116 valence electrons. The number of hydrogen-bond donors (Lipinski definition) is 1. The highest BCUT2D eigenvalue weighted by atomic mass is 15.2. The summed E-state index contributed by atoms with van der Waals surface area (Å²) in [6.07, 6.45) is 9.91. The number of anilines is 2. The summed E-state index contributed by atoms with van der Waals surface area (Å²) in [5, 5.41) is 3.24. The molecule has 2 fully saturated rings. The van der Waals surface area contributed by atoms with Crippen LogP contribution in [0.25, 0.3) is 0 Å². The third-order valence-corrected chi connectivity index (χ3v) is 5.24. The molecule has 1 saturated carbocycles. The van der Waals surface area contributed by atoms with Crippen molar-refractivity contribution in [2.75, 3.05) is 29.9 Å². The standard InChI is InChI=1S/C17H28N4/c1-3-18-16-19-14(2)13-15(20-16)21-11-9-17(10-12-21)7-5-4-6-8-17/h13H,3-12H2,1-2H3,(H,18,19,20). The first-order chi connectivity index (χ1) is 10.2. The zero-order valence-electron chi connectivity index (χ0n) is 13.5. The topological polar surface area (TPSA) is 41.1 Å². The molecule has 0 aromatic carbocycles. The van der Waals surface area contributed by atoms with Crippen LogP contribution in [0.15, 0.2) is 6.07 Å². The summed E-state index contributed by atoms with van der Waals surface area (Å²) in [6.45, 7) is 7.31. The monoisotopic (exact) mass is 288 g/mol. The van der Waals surface area contributed by atoms with Crippen LogP contribution < -0.4 is 10.2 Å². The van der Waals surface area contributed by atoms with E-state index >= 15 is 0 Å². The maximum atomic E-state index is 4.68.